The lowest BCUT2D eigenvalue weighted by atomic mass is 10.1. The summed E-state index contributed by atoms with van der Waals surface area (Å²) in [5, 5.41) is 2.77. The number of methoxy groups -OCH3 is 1. The van der Waals surface area contributed by atoms with Crippen molar-refractivity contribution in [2.24, 2.45) is 0 Å². The highest BCUT2D eigenvalue weighted by molar-refractivity contribution is 7.89. The largest absolute Gasteiger partial charge is 0.495 e. The first-order chi connectivity index (χ1) is 13.9. The highest BCUT2D eigenvalue weighted by Crippen LogP contribution is 2.25. The zero-order valence-corrected chi connectivity index (χ0v) is 19.0. The predicted molar refractivity (Wildman–Crippen MR) is 112 cm³/mol. The lowest BCUT2D eigenvalue weighted by molar-refractivity contribution is 0.0939. The first-order valence-corrected chi connectivity index (χ1v) is 11.8. The Morgan fingerprint density at radius 1 is 1.03 bits per heavy atom. The van der Waals surface area contributed by atoms with Gasteiger partial charge in [0.15, 0.2) is 0 Å². The Bertz CT molecular complexity index is 1130. The first kappa shape index (κ1) is 23.8. The molecule has 1 atom stereocenters. The molecule has 2 aromatic carbocycles. The van der Waals surface area contributed by atoms with Gasteiger partial charge in [0.2, 0.25) is 20.0 Å². The standard InChI is InChI=1S/C19H25N3O6S2/c1-13(14-6-9-16(10-7-14)30(26,27)22(3)4)21-19(23)15-8-11-17(28-5)18(12-15)29(24,25)20-2/h6-13,20H,1-5H3,(H,21,23). The smallest absolute Gasteiger partial charge is 0.251 e. The number of rotatable bonds is 8. The van der Waals surface area contributed by atoms with E-state index in [4.69, 9.17) is 4.74 Å². The molecule has 2 N–H and O–H groups in total. The van der Waals surface area contributed by atoms with Crippen LogP contribution in [0.4, 0.5) is 0 Å². The number of nitrogens with zero attached hydrogens (tertiary/aromatic N) is 1. The Hall–Kier alpha value is -2.47. The summed E-state index contributed by atoms with van der Waals surface area (Å²) in [5.41, 5.74) is 0.834. The molecule has 9 nitrogen and oxygen atoms in total. The second-order valence-electron chi connectivity index (χ2n) is 6.62. The average Bonchev–Trinajstić information content (AvgIpc) is 2.73. The molecule has 0 heterocycles. The molecule has 164 valence electrons. The van der Waals surface area contributed by atoms with Crippen LogP contribution >= 0.6 is 0 Å². The van der Waals surface area contributed by atoms with E-state index in [9.17, 15) is 21.6 Å². The minimum atomic E-state index is -3.82. The molecule has 0 saturated heterocycles. The fraction of sp³-hybridized carbons (Fsp3) is 0.316. The van der Waals surface area contributed by atoms with Gasteiger partial charge in [-0.3, -0.25) is 4.79 Å². The molecule has 0 aliphatic rings. The molecule has 11 heteroatoms. The second kappa shape index (κ2) is 9.13. The predicted octanol–water partition coefficient (Wildman–Crippen LogP) is 1.34. The van der Waals surface area contributed by atoms with E-state index in [1.807, 2.05) is 0 Å². The van der Waals surface area contributed by atoms with Gasteiger partial charge in [-0.1, -0.05) is 12.1 Å². The monoisotopic (exact) mass is 455 g/mol. The number of amides is 1. The van der Waals surface area contributed by atoms with Crippen LogP contribution in [-0.2, 0) is 20.0 Å². The molecule has 0 aromatic heterocycles. The summed E-state index contributed by atoms with van der Waals surface area (Å²) >= 11 is 0. The van der Waals surface area contributed by atoms with E-state index in [1.165, 1.54) is 58.6 Å². The number of carbonyl (C=O) groups excluding carboxylic acids is 1. The zero-order valence-electron chi connectivity index (χ0n) is 17.3. The van der Waals surface area contributed by atoms with Crippen LogP contribution in [0.1, 0.15) is 28.9 Å². The summed E-state index contributed by atoms with van der Waals surface area (Å²) in [7, 11) is -1.86. The van der Waals surface area contributed by atoms with Gasteiger partial charge in [0.1, 0.15) is 10.6 Å². The number of nitrogens with one attached hydrogen (secondary N) is 2. The van der Waals surface area contributed by atoms with Crippen LogP contribution < -0.4 is 14.8 Å². The van der Waals surface area contributed by atoms with Crippen molar-refractivity contribution >= 4 is 26.0 Å². The van der Waals surface area contributed by atoms with Crippen molar-refractivity contribution in [1.82, 2.24) is 14.3 Å². The highest BCUT2D eigenvalue weighted by atomic mass is 32.2. The topological polar surface area (TPSA) is 122 Å². The van der Waals surface area contributed by atoms with E-state index in [0.29, 0.717) is 5.56 Å². The third-order valence-electron chi connectivity index (χ3n) is 4.49. The maximum atomic E-state index is 12.6. The van der Waals surface area contributed by atoms with Gasteiger partial charge >= 0.3 is 0 Å². The van der Waals surface area contributed by atoms with E-state index in [-0.39, 0.29) is 21.1 Å². The molecule has 0 spiro atoms. The van der Waals surface area contributed by atoms with Crippen molar-refractivity contribution in [3.63, 3.8) is 0 Å². The van der Waals surface area contributed by atoms with Crippen LogP contribution in [0.3, 0.4) is 0 Å². The van der Waals surface area contributed by atoms with Crippen LogP contribution in [0, 0.1) is 0 Å². The van der Waals surface area contributed by atoms with Crippen molar-refractivity contribution in [3.8, 4) is 5.75 Å². The van der Waals surface area contributed by atoms with E-state index in [2.05, 4.69) is 10.0 Å². The molecule has 2 aromatic rings. The Morgan fingerprint density at radius 3 is 2.13 bits per heavy atom. The third kappa shape index (κ3) is 4.98. The molecule has 0 aliphatic heterocycles. The highest BCUT2D eigenvalue weighted by Gasteiger charge is 2.21. The van der Waals surface area contributed by atoms with Crippen LogP contribution in [0.25, 0.3) is 0 Å². The summed E-state index contributed by atoms with van der Waals surface area (Å²) < 4.78 is 57.1. The summed E-state index contributed by atoms with van der Waals surface area (Å²) in [5.74, 6) is -0.366. The van der Waals surface area contributed by atoms with Crippen LogP contribution in [0.5, 0.6) is 5.75 Å². The average molecular weight is 456 g/mol. The number of sulfonamides is 2. The van der Waals surface area contributed by atoms with E-state index in [1.54, 1.807) is 19.1 Å². The van der Waals surface area contributed by atoms with Gasteiger partial charge in [-0.25, -0.2) is 25.9 Å². The fourth-order valence-electron chi connectivity index (χ4n) is 2.64. The van der Waals surface area contributed by atoms with Crippen molar-refractivity contribution < 1.29 is 26.4 Å². The number of ether oxygens (including phenoxy) is 1. The summed E-state index contributed by atoms with van der Waals surface area (Å²) in [4.78, 5) is 12.6. The number of carbonyl (C=O) groups is 1. The number of hydrogen-bond donors (Lipinski definition) is 2. The lowest BCUT2D eigenvalue weighted by Gasteiger charge is -2.17. The van der Waals surface area contributed by atoms with Crippen LogP contribution in [0.2, 0.25) is 0 Å². The number of benzene rings is 2. The van der Waals surface area contributed by atoms with Crippen molar-refractivity contribution in [2.45, 2.75) is 22.8 Å². The molecule has 0 saturated carbocycles. The van der Waals surface area contributed by atoms with Gasteiger partial charge in [0.25, 0.3) is 5.91 Å². The van der Waals surface area contributed by atoms with E-state index in [0.717, 1.165) is 4.31 Å². The molecule has 0 fully saturated rings. The minimum absolute atomic E-state index is 0.117. The van der Waals surface area contributed by atoms with Gasteiger partial charge in [0, 0.05) is 19.7 Å². The van der Waals surface area contributed by atoms with Gasteiger partial charge in [-0.05, 0) is 49.9 Å². The third-order valence-corrected chi connectivity index (χ3v) is 7.76. The van der Waals surface area contributed by atoms with Crippen LogP contribution in [0.15, 0.2) is 52.3 Å². The number of hydrogen-bond acceptors (Lipinski definition) is 6. The molecule has 1 unspecified atom stereocenters. The summed E-state index contributed by atoms with van der Waals surface area (Å²) in [6.45, 7) is 1.74. The SMILES string of the molecule is CNS(=O)(=O)c1cc(C(=O)NC(C)c2ccc(S(=O)(=O)N(C)C)cc2)ccc1OC. The molecular formula is C19H25N3O6S2. The second-order valence-corrected chi connectivity index (χ2v) is 10.6. The van der Waals surface area contributed by atoms with Crippen molar-refractivity contribution in [2.75, 3.05) is 28.3 Å². The van der Waals surface area contributed by atoms with Crippen molar-refractivity contribution in [3.05, 3.63) is 53.6 Å². The molecule has 30 heavy (non-hydrogen) atoms. The lowest BCUT2D eigenvalue weighted by Crippen LogP contribution is -2.27. The van der Waals surface area contributed by atoms with Crippen molar-refractivity contribution in [1.29, 1.82) is 0 Å². The summed E-state index contributed by atoms with van der Waals surface area (Å²) in [6.07, 6.45) is 0. The normalized spacial score (nSPS) is 13.1. The summed E-state index contributed by atoms with van der Waals surface area (Å²) in [6, 6.07) is 9.83. The quantitative estimate of drug-likeness (QED) is 0.620. The Morgan fingerprint density at radius 2 is 1.63 bits per heavy atom. The zero-order chi connectivity index (χ0) is 22.7. The fourth-order valence-corrected chi connectivity index (χ4v) is 4.46. The van der Waals surface area contributed by atoms with Gasteiger partial charge < -0.3 is 10.1 Å². The molecule has 0 bridgehead atoms. The maximum absolute atomic E-state index is 12.6. The van der Waals surface area contributed by atoms with E-state index < -0.39 is 32.0 Å². The molecule has 2 rings (SSSR count). The molecular weight excluding hydrogens is 430 g/mol. The van der Waals surface area contributed by atoms with Gasteiger partial charge in [-0.2, -0.15) is 0 Å². The molecule has 1 amide bonds. The Labute approximate surface area is 177 Å². The van der Waals surface area contributed by atoms with Gasteiger partial charge in [-0.15, -0.1) is 0 Å². The Kier molecular flexibility index (Phi) is 7.24. The first-order valence-electron chi connectivity index (χ1n) is 8.89. The molecule has 0 aliphatic carbocycles. The maximum Gasteiger partial charge on any atom is 0.251 e. The Balaban J connectivity index is 2.25. The van der Waals surface area contributed by atoms with E-state index >= 15 is 0 Å². The minimum Gasteiger partial charge on any atom is -0.495 e. The van der Waals surface area contributed by atoms with Crippen LogP contribution in [-0.4, -0.2) is 55.3 Å². The molecule has 0 radical (unpaired) electrons. The van der Waals surface area contributed by atoms with Gasteiger partial charge in [0.05, 0.1) is 18.0 Å².